The van der Waals surface area contributed by atoms with Crippen molar-refractivity contribution >= 4 is 44.4 Å². The second kappa shape index (κ2) is 10.2. The number of carbonyl (C=O) groups is 1. The molecule has 1 amide bonds. The molecule has 0 radical (unpaired) electrons. The van der Waals surface area contributed by atoms with Crippen LogP contribution in [0.15, 0.2) is 41.6 Å². The van der Waals surface area contributed by atoms with Crippen molar-refractivity contribution in [3.63, 3.8) is 0 Å². The predicted molar refractivity (Wildman–Crippen MR) is 143 cm³/mol. The molecule has 2 aromatic heterocycles. The zero-order chi connectivity index (χ0) is 26.3. The van der Waals surface area contributed by atoms with Gasteiger partial charge in [-0.25, -0.2) is 18.4 Å². The molecule has 2 atom stereocenters. The molecule has 0 bridgehead atoms. The molecule has 0 spiro atoms. The molecule has 2 saturated heterocycles. The van der Waals surface area contributed by atoms with Gasteiger partial charge in [-0.3, -0.25) is 4.79 Å². The fourth-order valence-electron chi connectivity index (χ4n) is 5.41. The third-order valence-electron chi connectivity index (χ3n) is 7.22. The van der Waals surface area contributed by atoms with Crippen molar-refractivity contribution in [2.75, 3.05) is 45.2 Å². The number of carbonyl (C=O) groups excluding carboxylic acids is 1. The second-order valence-corrected chi connectivity index (χ2v) is 12.4. The zero-order valence-corrected chi connectivity index (χ0v) is 22.8. The summed E-state index contributed by atoms with van der Waals surface area (Å²) in [5.41, 5.74) is 1.46. The van der Waals surface area contributed by atoms with Gasteiger partial charge in [-0.1, -0.05) is 11.6 Å². The van der Waals surface area contributed by atoms with Crippen molar-refractivity contribution in [2.45, 2.75) is 36.9 Å². The molecule has 5 rings (SSSR count). The van der Waals surface area contributed by atoms with Crippen LogP contribution in [0, 0.1) is 5.92 Å². The molecule has 198 valence electrons. The van der Waals surface area contributed by atoms with E-state index >= 15 is 0 Å². The average molecular weight is 546 g/mol. The van der Waals surface area contributed by atoms with Crippen molar-refractivity contribution in [3.8, 4) is 0 Å². The molecule has 10 nitrogen and oxygen atoms in total. The molecule has 2 unspecified atom stereocenters. The lowest BCUT2D eigenvalue weighted by molar-refractivity contribution is -0.142. The van der Waals surface area contributed by atoms with Gasteiger partial charge < -0.3 is 20.1 Å². The average Bonchev–Trinajstić information content (AvgIpc) is 3.31. The second-order valence-electron chi connectivity index (χ2n) is 10.0. The molecule has 2 N–H and O–H groups in total. The quantitative estimate of drug-likeness (QED) is 0.489. The number of H-pyrrole nitrogens is 1. The van der Waals surface area contributed by atoms with E-state index in [9.17, 15) is 13.2 Å². The number of rotatable bonds is 6. The summed E-state index contributed by atoms with van der Waals surface area (Å²) in [5, 5.41) is 4.68. The van der Waals surface area contributed by atoms with Crippen LogP contribution in [0.2, 0.25) is 5.02 Å². The van der Waals surface area contributed by atoms with Crippen LogP contribution in [0.3, 0.4) is 0 Å². The number of hydrogen-bond acceptors (Lipinski definition) is 7. The van der Waals surface area contributed by atoms with Gasteiger partial charge in [0.15, 0.2) is 0 Å². The summed E-state index contributed by atoms with van der Waals surface area (Å²) in [6.45, 7) is 3.61. The maximum Gasteiger partial charge on any atom is 0.259 e. The minimum absolute atomic E-state index is 0.0551. The van der Waals surface area contributed by atoms with Crippen molar-refractivity contribution in [3.05, 3.63) is 47.2 Å². The molecule has 2 fully saturated rings. The number of aromatic amines is 1. The van der Waals surface area contributed by atoms with Crippen LogP contribution < -0.4 is 10.2 Å². The maximum absolute atomic E-state index is 13.7. The summed E-state index contributed by atoms with van der Waals surface area (Å²) < 4.78 is 28.4. The van der Waals surface area contributed by atoms with Gasteiger partial charge in [-0.05, 0) is 69.1 Å². The van der Waals surface area contributed by atoms with Crippen molar-refractivity contribution in [2.24, 2.45) is 5.92 Å². The number of benzene rings is 1. The highest BCUT2D eigenvalue weighted by molar-refractivity contribution is 7.89. The van der Waals surface area contributed by atoms with E-state index in [1.165, 1.54) is 4.31 Å². The lowest BCUT2D eigenvalue weighted by Gasteiger charge is -2.46. The number of aromatic nitrogens is 3. The molecular formula is C25H32ClN7O3S. The van der Waals surface area contributed by atoms with E-state index in [0.717, 1.165) is 31.6 Å². The van der Waals surface area contributed by atoms with Gasteiger partial charge in [-0.15, -0.1) is 0 Å². The van der Waals surface area contributed by atoms with E-state index in [1.54, 1.807) is 30.5 Å². The van der Waals surface area contributed by atoms with Gasteiger partial charge in [-0.2, -0.15) is 4.31 Å². The van der Waals surface area contributed by atoms with Gasteiger partial charge in [0.25, 0.3) is 10.0 Å². The summed E-state index contributed by atoms with van der Waals surface area (Å²) >= 11 is 6.08. The van der Waals surface area contributed by atoms with E-state index in [-0.39, 0.29) is 42.0 Å². The van der Waals surface area contributed by atoms with Gasteiger partial charge >= 0.3 is 0 Å². The SMILES string of the molecule is CC1CN(S(=O)(=O)c2cc3cc(Cl)ccc3[nH]2)CC(=O)N1C(c1ccnc(N(C)C)n1)C1CCNCC1. The van der Waals surface area contributed by atoms with Crippen LogP contribution in [-0.2, 0) is 14.8 Å². The Morgan fingerprint density at radius 2 is 1.92 bits per heavy atom. The van der Waals surface area contributed by atoms with Crippen LogP contribution >= 0.6 is 11.6 Å². The van der Waals surface area contributed by atoms with E-state index < -0.39 is 10.0 Å². The van der Waals surface area contributed by atoms with Crippen LogP contribution in [0.5, 0.6) is 0 Å². The summed E-state index contributed by atoms with van der Waals surface area (Å²) in [7, 11) is -0.148. The summed E-state index contributed by atoms with van der Waals surface area (Å²) in [4.78, 5) is 29.5. The van der Waals surface area contributed by atoms with Gasteiger partial charge in [0.2, 0.25) is 11.9 Å². The Kier molecular flexibility index (Phi) is 7.14. The summed E-state index contributed by atoms with van der Waals surface area (Å²) in [6.07, 6.45) is 3.54. The highest BCUT2D eigenvalue weighted by Gasteiger charge is 2.43. The molecule has 0 aliphatic carbocycles. The molecule has 12 heteroatoms. The van der Waals surface area contributed by atoms with Crippen LogP contribution in [-0.4, -0.2) is 84.8 Å². The number of halogens is 1. The smallest absolute Gasteiger partial charge is 0.259 e. The number of piperidine rings is 1. The number of nitrogens with one attached hydrogen (secondary N) is 2. The third kappa shape index (κ3) is 5.05. The Labute approximate surface area is 222 Å². The van der Waals surface area contributed by atoms with Crippen LogP contribution in [0.25, 0.3) is 10.9 Å². The molecular weight excluding hydrogens is 514 g/mol. The molecule has 4 heterocycles. The topological polar surface area (TPSA) is 115 Å². The number of nitrogens with zero attached hydrogens (tertiary/aromatic N) is 5. The molecule has 2 aliphatic heterocycles. The number of amides is 1. The molecule has 37 heavy (non-hydrogen) atoms. The van der Waals surface area contributed by atoms with E-state index in [2.05, 4.69) is 15.3 Å². The first-order valence-electron chi connectivity index (χ1n) is 12.5. The third-order valence-corrected chi connectivity index (χ3v) is 9.18. The van der Waals surface area contributed by atoms with E-state index in [4.69, 9.17) is 16.6 Å². The number of piperazine rings is 1. The number of anilines is 1. The fourth-order valence-corrected chi connectivity index (χ4v) is 7.07. The minimum Gasteiger partial charge on any atom is -0.347 e. The Bertz CT molecular complexity index is 1400. The van der Waals surface area contributed by atoms with Crippen LogP contribution in [0.1, 0.15) is 31.5 Å². The molecule has 0 saturated carbocycles. The first kappa shape index (κ1) is 25.9. The Balaban J connectivity index is 1.45. The lowest BCUT2D eigenvalue weighted by atomic mass is 9.86. The highest BCUT2D eigenvalue weighted by atomic mass is 35.5. The first-order chi connectivity index (χ1) is 17.6. The normalized spacial score (nSPS) is 20.9. The van der Waals surface area contributed by atoms with Crippen molar-refractivity contribution < 1.29 is 13.2 Å². The monoisotopic (exact) mass is 545 g/mol. The van der Waals surface area contributed by atoms with Gasteiger partial charge in [0.05, 0.1) is 18.3 Å². The predicted octanol–water partition coefficient (Wildman–Crippen LogP) is 2.64. The number of hydrogen-bond donors (Lipinski definition) is 2. The minimum atomic E-state index is -3.91. The highest BCUT2D eigenvalue weighted by Crippen LogP contribution is 2.37. The summed E-state index contributed by atoms with van der Waals surface area (Å²) in [6, 6.07) is 8.01. The zero-order valence-electron chi connectivity index (χ0n) is 21.2. The van der Waals surface area contributed by atoms with Crippen molar-refractivity contribution in [1.29, 1.82) is 0 Å². The molecule has 3 aromatic rings. The lowest BCUT2D eigenvalue weighted by Crippen LogP contribution is -2.59. The largest absolute Gasteiger partial charge is 0.347 e. The van der Waals surface area contributed by atoms with E-state index in [1.807, 2.05) is 36.9 Å². The first-order valence-corrected chi connectivity index (χ1v) is 14.3. The van der Waals surface area contributed by atoms with Gasteiger partial charge in [0, 0.05) is 48.8 Å². The molecule has 2 aliphatic rings. The fraction of sp³-hybridized carbons (Fsp3) is 0.480. The Hall–Kier alpha value is -2.73. The maximum atomic E-state index is 13.7. The standard InChI is InChI=1S/C25H32ClN7O3S/c1-16-14-32(37(35,36)22-13-18-12-19(26)4-5-20(18)29-22)15-23(34)33(16)24(17-6-9-27-10-7-17)21-8-11-28-25(30-21)31(2)3/h4-5,8,11-13,16-17,24,27,29H,6-7,9-10,14-15H2,1-3H3. The van der Waals surface area contributed by atoms with Gasteiger partial charge in [0.1, 0.15) is 5.03 Å². The number of fused-ring (bicyclic) bond motifs is 1. The summed E-state index contributed by atoms with van der Waals surface area (Å²) in [5.74, 6) is 0.561. The van der Waals surface area contributed by atoms with Crippen LogP contribution in [0.4, 0.5) is 5.95 Å². The number of sulfonamides is 1. The van der Waals surface area contributed by atoms with E-state index in [0.29, 0.717) is 21.9 Å². The Morgan fingerprint density at radius 3 is 2.62 bits per heavy atom. The van der Waals surface area contributed by atoms with Crippen molar-refractivity contribution in [1.82, 2.24) is 29.5 Å². The Morgan fingerprint density at radius 1 is 1.16 bits per heavy atom. The molecule has 1 aromatic carbocycles.